The van der Waals surface area contributed by atoms with Crippen LogP contribution >= 0.6 is 11.3 Å². The van der Waals surface area contributed by atoms with Crippen LogP contribution in [0.5, 0.6) is 5.75 Å². The van der Waals surface area contributed by atoms with Gasteiger partial charge in [-0.25, -0.2) is 4.98 Å². The van der Waals surface area contributed by atoms with Crippen molar-refractivity contribution in [3.8, 4) is 5.75 Å². The van der Waals surface area contributed by atoms with Crippen LogP contribution < -0.4 is 10.1 Å². The van der Waals surface area contributed by atoms with Crippen molar-refractivity contribution in [1.29, 1.82) is 0 Å². The largest absolute Gasteiger partial charge is 0.496 e. The van der Waals surface area contributed by atoms with Crippen LogP contribution in [0.1, 0.15) is 23.2 Å². The van der Waals surface area contributed by atoms with Gasteiger partial charge in [0.2, 0.25) is 0 Å². The number of guanidine groups is 1. The Kier molecular flexibility index (Phi) is 7.06. The number of aromatic nitrogens is 1. The molecule has 0 fully saturated rings. The van der Waals surface area contributed by atoms with Crippen LogP contribution in [0, 0.1) is 6.92 Å². The number of hydrogen-bond donors (Lipinski definition) is 1. The molecule has 2 rings (SSSR count). The fourth-order valence-electron chi connectivity index (χ4n) is 2.43. The van der Waals surface area contributed by atoms with E-state index in [4.69, 9.17) is 9.73 Å². The number of aryl methyl sites for hydroxylation is 1. The lowest BCUT2D eigenvalue weighted by Gasteiger charge is -2.23. The van der Waals surface area contributed by atoms with Gasteiger partial charge >= 0.3 is 0 Å². The van der Waals surface area contributed by atoms with E-state index in [1.165, 1.54) is 0 Å². The summed E-state index contributed by atoms with van der Waals surface area (Å²) in [6.07, 6.45) is 0.863. The Labute approximate surface area is 148 Å². The monoisotopic (exact) mass is 346 g/mol. The Hall–Kier alpha value is -2.08. The van der Waals surface area contributed by atoms with Gasteiger partial charge in [-0.1, -0.05) is 18.2 Å². The van der Waals surface area contributed by atoms with E-state index >= 15 is 0 Å². The highest BCUT2D eigenvalue weighted by Gasteiger charge is 2.09. The summed E-state index contributed by atoms with van der Waals surface area (Å²) in [7, 11) is 3.74. The number of thiazole rings is 1. The van der Waals surface area contributed by atoms with E-state index in [-0.39, 0.29) is 0 Å². The summed E-state index contributed by atoms with van der Waals surface area (Å²) < 4.78 is 5.43. The molecule has 0 aliphatic rings. The Balaban J connectivity index is 2.00. The minimum absolute atomic E-state index is 0.724. The molecule has 0 saturated heterocycles. The first kappa shape index (κ1) is 18.3. The van der Waals surface area contributed by atoms with E-state index < -0.39 is 0 Å². The van der Waals surface area contributed by atoms with Crippen molar-refractivity contribution in [2.45, 2.75) is 26.8 Å². The maximum absolute atomic E-state index is 5.43. The SMILES string of the molecule is CCNC(=NCCc1csc(C)n1)N(C)Cc1ccccc1OC. The lowest BCUT2D eigenvalue weighted by Crippen LogP contribution is -2.38. The van der Waals surface area contributed by atoms with Crippen LogP contribution in [0.3, 0.4) is 0 Å². The molecule has 1 aromatic heterocycles. The normalized spacial score (nSPS) is 11.4. The van der Waals surface area contributed by atoms with Crippen molar-refractivity contribution in [1.82, 2.24) is 15.2 Å². The van der Waals surface area contributed by atoms with Gasteiger partial charge < -0.3 is 15.0 Å². The molecule has 0 saturated carbocycles. The van der Waals surface area contributed by atoms with Crippen LogP contribution in [0.25, 0.3) is 0 Å². The van der Waals surface area contributed by atoms with Gasteiger partial charge in [0.05, 0.1) is 17.8 Å². The minimum atomic E-state index is 0.724. The quantitative estimate of drug-likeness (QED) is 0.618. The molecule has 0 radical (unpaired) electrons. The second-order valence-electron chi connectivity index (χ2n) is 5.51. The summed E-state index contributed by atoms with van der Waals surface area (Å²) in [5, 5.41) is 6.56. The highest BCUT2D eigenvalue weighted by atomic mass is 32.1. The third kappa shape index (κ3) is 5.23. The third-order valence-electron chi connectivity index (χ3n) is 3.59. The van der Waals surface area contributed by atoms with Crippen LogP contribution in [0.2, 0.25) is 0 Å². The Morgan fingerprint density at radius 1 is 1.38 bits per heavy atom. The molecule has 0 aliphatic carbocycles. The molecule has 1 aromatic carbocycles. The Bertz CT molecular complexity index is 669. The zero-order valence-electron chi connectivity index (χ0n) is 14.9. The number of benzene rings is 1. The summed E-state index contributed by atoms with van der Waals surface area (Å²) in [5.41, 5.74) is 2.26. The second kappa shape index (κ2) is 9.27. The van der Waals surface area contributed by atoms with Crippen LogP contribution in [-0.2, 0) is 13.0 Å². The summed E-state index contributed by atoms with van der Waals surface area (Å²) in [6.45, 7) is 6.41. The molecular weight excluding hydrogens is 320 g/mol. The van der Waals surface area contributed by atoms with E-state index in [0.717, 1.165) is 54.0 Å². The molecule has 2 aromatic rings. The van der Waals surface area contributed by atoms with Crippen molar-refractivity contribution in [3.63, 3.8) is 0 Å². The van der Waals surface area contributed by atoms with E-state index in [1.54, 1.807) is 18.4 Å². The van der Waals surface area contributed by atoms with E-state index in [0.29, 0.717) is 0 Å². The van der Waals surface area contributed by atoms with Gasteiger partial charge in [0, 0.05) is 44.0 Å². The van der Waals surface area contributed by atoms with Gasteiger partial charge in [0.25, 0.3) is 0 Å². The first-order valence-electron chi connectivity index (χ1n) is 8.16. The molecule has 0 amide bonds. The molecule has 24 heavy (non-hydrogen) atoms. The van der Waals surface area contributed by atoms with E-state index in [2.05, 4.69) is 33.6 Å². The van der Waals surface area contributed by atoms with Gasteiger partial charge in [-0.05, 0) is 19.9 Å². The first-order chi connectivity index (χ1) is 11.6. The van der Waals surface area contributed by atoms with Gasteiger partial charge in [0.15, 0.2) is 5.96 Å². The lowest BCUT2D eigenvalue weighted by molar-refractivity contribution is 0.396. The summed E-state index contributed by atoms with van der Waals surface area (Å²) in [4.78, 5) is 11.3. The van der Waals surface area contributed by atoms with Gasteiger partial charge in [0.1, 0.15) is 5.75 Å². The first-order valence-corrected chi connectivity index (χ1v) is 9.04. The molecule has 1 N–H and O–H groups in total. The van der Waals surface area contributed by atoms with Crippen molar-refractivity contribution < 1.29 is 4.74 Å². The molecular formula is C18H26N4OS. The number of rotatable bonds is 7. The Morgan fingerprint density at radius 3 is 2.83 bits per heavy atom. The van der Waals surface area contributed by atoms with Crippen molar-refractivity contribution in [2.24, 2.45) is 4.99 Å². The Morgan fingerprint density at radius 2 is 2.17 bits per heavy atom. The number of methoxy groups -OCH3 is 1. The van der Waals surface area contributed by atoms with Gasteiger partial charge in [-0.2, -0.15) is 0 Å². The molecule has 130 valence electrons. The predicted octanol–water partition coefficient (Wildman–Crippen LogP) is 3.10. The topological polar surface area (TPSA) is 49.8 Å². The number of hydrogen-bond acceptors (Lipinski definition) is 4. The average molecular weight is 347 g/mol. The van der Waals surface area contributed by atoms with Crippen LogP contribution in [-0.4, -0.2) is 43.1 Å². The number of nitrogens with one attached hydrogen (secondary N) is 1. The molecule has 0 spiro atoms. The zero-order valence-corrected chi connectivity index (χ0v) is 15.7. The average Bonchev–Trinajstić information content (AvgIpc) is 3.00. The molecule has 0 unspecified atom stereocenters. The van der Waals surface area contributed by atoms with E-state index in [9.17, 15) is 0 Å². The zero-order chi connectivity index (χ0) is 17.4. The predicted molar refractivity (Wildman–Crippen MR) is 101 cm³/mol. The van der Waals surface area contributed by atoms with Crippen molar-refractivity contribution in [3.05, 3.63) is 45.9 Å². The van der Waals surface area contributed by atoms with Gasteiger partial charge in [-0.15, -0.1) is 11.3 Å². The second-order valence-corrected chi connectivity index (χ2v) is 6.57. The maximum atomic E-state index is 5.43. The summed E-state index contributed by atoms with van der Waals surface area (Å²) in [5.74, 6) is 1.80. The van der Waals surface area contributed by atoms with Gasteiger partial charge in [-0.3, -0.25) is 4.99 Å². The smallest absolute Gasteiger partial charge is 0.193 e. The maximum Gasteiger partial charge on any atom is 0.193 e. The molecule has 5 nitrogen and oxygen atoms in total. The van der Waals surface area contributed by atoms with Crippen LogP contribution in [0.4, 0.5) is 0 Å². The number of ether oxygens (including phenoxy) is 1. The number of para-hydroxylation sites is 1. The molecule has 0 atom stereocenters. The van der Waals surface area contributed by atoms with E-state index in [1.807, 2.05) is 32.2 Å². The minimum Gasteiger partial charge on any atom is -0.496 e. The summed E-state index contributed by atoms with van der Waals surface area (Å²) in [6, 6.07) is 8.08. The molecule has 0 bridgehead atoms. The fraction of sp³-hybridized carbons (Fsp3) is 0.444. The highest BCUT2D eigenvalue weighted by Crippen LogP contribution is 2.18. The fourth-order valence-corrected chi connectivity index (χ4v) is 3.08. The molecule has 0 aliphatic heterocycles. The summed E-state index contributed by atoms with van der Waals surface area (Å²) >= 11 is 1.69. The van der Waals surface area contributed by atoms with Crippen LogP contribution in [0.15, 0.2) is 34.6 Å². The lowest BCUT2D eigenvalue weighted by atomic mass is 10.2. The van der Waals surface area contributed by atoms with Crippen molar-refractivity contribution in [2.75, 3.05) is 27.2 Å². The standard InChI is InChI=1S/C18H26N4OS/c1-5-19-18(20-11-10-16-13-24-14(2)21-16)22(3)12-15-8-6-7-9-17(15)23-4/h6-9,13H,5,10-12H2,1-4H3,(H,19,20). The molecule has 1 heterocycles. The number of nitrogens with zero attached hydrogens (tertiary/aromatic N) is 3. The number of aliphatic imine (C=N–C) groups is 1. The highest BCUT2D eigenvalue weighted by molar-refractivity contribution is 7.09. The third-order valence-corrected chi connectivity index (χ3v) is 4.41. The van der Waals surface area contributed by atoms with Crippen molar-refractivity contribution >= 4 is 17.3 Å². The molecule has 6 heteroatoms.